The summed E-state index contributed by atoms with van der Waals surface area (Å²) < 4.78 is 27.1. The molecule has 28 heavy (non-hydrogen) atoms. The highest BCUT2D eigenvalue weighted by atomic mass is 32.2. The van der Waals surface area contributed by atoms with Gasteiger partial charge in [-0.25, -0.2) is 8.42 Å². The van der Waals surface area contributed by atoms with E-state index in [0.717, 1.165) is 12.1 Å². The maximum atomic E-state index is 12.8. The first-order chi connectivity index (χ1) is 13.2. The van der Waals surface area contributed by atoms with Gasteiger partial charge in [-0.1, -0.05) is 17.7 Å². The Morgan fingerprint density at radius 3 is 2.57 bits per heavy atom. The number of hydrogen-bond acceptors (Lipinski definition) is 5. The third-order valence-corrected chi connectivity index (χ3v) is 6.68. The van der Waals surface area contributed by atoms with Crippen molar-refractivity contribution in [2.45, 2.75) is 24.7 Å². The van der Waals surface area contributed by atoms with Crippen molar-refractivity contribution >= 4 is 33.3 Å². The zero-order valence-corrected chi connectivity index (χ0v) is 18.2. The molecule has 1 aliphatic heterocycles. The topological polar surface area (TPSA) is 93.8 Å². The van der Waals surface area contributed by atoms with Crippen LogP contribution in [0.4, 0.5) is 0 Å². The summed E-state index contributed by atoms with van der Waals surface area (Å²) in [6.45, 7) is 3.94. The van der Waals surface area contributed by atoms with Crippen LogP contribution in [0.15, 0.2) is 29.2 Å². The Kier molecular flexibility index (Phi) is 8.17. The Hall–Kier alpha value is -1.75. The lowest BCUT2D eigenvalue weighted by atomic mass is 9.99. The van der Waals surface area contributed by atoms with Gasteiger partial charge in [-0.2, -0.15) is 4.31 Å². The summed E-state index contributed by atoms with van der Waals surface area (Å²) in [5.74, 6) is -0.688. The summed E-state index contributed by atoms with van der Waals surface area (Å²) in [4.78, 5) is 14.7. The number of carbonyl (C=O) groups is 1. The number of nitrogens with zero attached hydrogens (tertiary/aromatic N) is 2. The van der Waals surface area contributed by atoms with E-state index in [2.05, 4.69) is 16.2 Å². The van der Waals surface area contributed by atoms with Crippen LogP contribution in [0.1, 0.15) is 18.4 Å². The molecule has 0 unspecified atom stereocenters. The first kappa shape index (κ1) is 22.5. The fourth-order valence-electron chi connectivity index (χ4n) is 2.89. The molecule has 0 spiro atoms. The molecule has 1 fully saturated rings. The number of rotatable bonds is 6. The van der Waals surface area contributed by atoms with Crippen LogP contribution >= 0.6 is 12.2 Å². The molecule has 8 nitrogen and oxygen atoms in total. The summed E-state index contributed by atoms with van der Waals surface area (Å²) in [7, 11) is 0.309. The molecular weight excluding hydrogens is 398 g/mol. The number of likely N-dealkylation sites (N-methyl/N-ethyl adjacent to an activating group) is 1. The summed E-state index contributed by atoms with van der Waals surface area (Å²) in [5, 5.41) is 3.32. The largest absolute Gasteiger partial charge is 0.360 e. The lowest BCUT2D eigenvalue weighted by Crippen LogP contribution is -2.52. The highest BCUT2D eigenvalue weighted by Crippen LogP contribution is 2.24. The molecule has 0 aromatic heterocycles. The van der Waals surface area contributed by atoms with Crippen LogP contribution in [0.2, 0.25) is 0 Å². The molecule has 2 rings (SSSR count). The molecule has 1 aromatic carbocycles. The number of benzene rings is 1. The number of hydrazine groups is 1. The van der Waals surface area contributed by atoms with Crippen molar-refractivity contribution in [2.24, 2.45) is 5.92 Å². The quantitative estimate of drug-likeness (QED) is 0.448. The minimum atomic E-state index is -3.61. The average molecular weight is 428 g/mol. The van der Waals surface area contributed by atoms with Gasteiger partial charge < -0.3 is 10.2 Å². The number of thiocarbonyl (C=S) groups is 1. The molecule has 0 aliphatic carbocycles. The van der Waals surface area contributed by atoms with E-state index in [0.29, 0.717) is 31.0 Å². The first-order valence-corrected chi connectivity index (χ1v) is 11.1. The highest BCUT2D eigenvalue weighted by molar-refractivity contribution is 7.89. The second-order valence-corrected chi connectivity index (χ2v) is 9.53. The Morgan fingerprint density at radius 2 is 1.93 bits per heavy atom. The van der Waals surface area contributed by atoms with E-state index in [1.54, 1.807) is 24.3 Å². The molecule has 10 heteroatoms. The smallest absolute Gasteiger partial charge is 0.243 e. The summed E-state index contributed by atoms with van der Waals surface area (Å²) >= 11 is 5.12. The fourth-order valence-corrected chi connectivity index (χ4v) is 4.57. The highest BCUT2D eigenvalue weighted by Gasteiger charge is 2.33. The third-order valence-electron chi connectivity index (χ3n) is 4.56. The van der Waals surface area contributed by atoms with Crippen molar-refractivity contribution in [2.75, 3.05) is 40.3 Å². The van der Waals surface area contributed by atoms with Gasteiger partial charge in [-0.05, 0) is 58.2 Å². The molecular formula is C18H29N5O3S2. The van der Waals surface area contributed by atoms with E-state index < -0.39 is 15.9 Å². The second kappa shape index (κ2) is 10.1. The Morgan fingerprint density at radius 1 is 1.25 bits per heavy atom. The molecule has 1 aromatic rings. The molecule has 0 radical (unpaired) electrons. The Labute approximate surface area is 172 Å². The number of nitrogens with one attached hydrogen (secondary N) is 3. The molecule has 1 heterocycles. The van der Waals surface area contributed by atoms with Crippen LogP contribution in [-0.4, -0.2) is 68.9 Å². The average Bonchev–Trinajstić information content (AvgIpc) is 2.66. The van der Waals surface area contributed by atoms with E-state index in [4.69, 9.17) is 12.2 Å². The number of sulfonamides is 1. The molecule has 1 saturated heterocycles. The second-order valence-electron chi connectivity index (χ2n) is 7.19. The van der Waals surface area contributed by atoms with E-state index in [9.17, 15) is 13.2 Å². The van der Waals surface area contributed by atoms with Crippen molar-refractivity contribution in [3.63, 3.8) is 0 Å². The number of piperidine rings is 1. The van der Waals surface area contributed by atoms with Crippen LogP contribution < -0.4 is 16.2 Å². The molecule has 156 valence electrons. The van der Waals surface area contributed by atoms with Gasteiger partial charge in [0.1, 0.15) is 0 Å². The predicted molar refractivity (Wildman–Crippen MR) is 113 cm³/mol. The van der Waals surface area contributed by atoms with Crippen molar-refractivity contribution in [3.8, 4) is 0 Å². The lowest BCUT2D eigenvalue weighted by molar-refractivity contribution is -0.126. The normalized spacial score (nSPS) is 17.9. The molecule has 3 N–H and O–H groups in total. The Balaban J connectivity index is 1.89. The van der Waals surface area contributed by atoms with Crippen molar-refractivity contribution in [1.29, 1.82) is 0 Å². The van der Waals surface area contributed by atoms with Gasteiger partial charge >= 0.3 is 0 Å². The van der Waals surface area contributed by atoms with Gasteiger partial charge in [0.25, 0.3) is 0 Å². The molecule has 1 atom stereocenters. The number of hydrogen-bond donors (Lipinski definition) is 3. The number of aryl methyl sites for hydroxylation is 1. The number of amides is 1. The van der Waals surface area contributed by atoms with E-state index in [1.165, 1.54) is 4.31 Å². The predicted octanol–water partition coefficient (Wildman–Crippen LogP) is 0.453. The van der Waals surface area contributed by atoms with Crippen LogP contribution in [0, 0.1) is 12.8 Å². The fraction of sp³-hybridized carbons (Fsp3) is 0.556. The van der Waals surface area contributed by atoms with Crippen LogP contribution in [0.3, 0.4) is 0 Å². The zero-order chi connectivity index (χ0) is 20.7. The van der Waals surface area contributed by atoms with Gasteiger partial charge in [0.2, 0.25) is 15.9 Å². The molecule has 0 bridgehead atoms. The summed E-state index contributed by atoms with van der Waals surface area (Å²) in [5.41, 5.74) is 6.26. The van der Waals surface area contributed by atoms with Gasteiger partial charge in [-0.3, -0.25) is 15.6 Å². The summed E-state index contributed by atoms with van der Waals surface area (Å²) in [6, 6.07) is 6.76. The minimum absolute atomic E-state index is 0.157. The van der Waals surface area contributed by atoms with E-state index in [-0.39, 0.29) is 17.3 Å². The maximum Gasteiger partial charge on any atom is 0.243 e. The minimum Gasteiger partial charge on any atom is -0.360 e. The molecule has 1 amide bonds. The van der Waals surface area contributed by atoms with Gasteiger partial charge in [-0.15, -0.1) is 0 Å². The van der Waals surface area contributed by atoms with Crippen molar-refractivity contribution in [1.82, 2.24) is 25.4 Å². The van der Waals surface area contributed by atoms with Gasteiger partial charge in [0.15, 0.2) is 5.11 Å². The summed E-state index contributed by atoms with van der Waals surface area (Å²) in [6.07, 6.45) is 1.27. The standard InChI is InChI=1S/C18H29N5O3S2/c1-14-6-8-16(9-7-14)28(25,26)23-11-4-5-15(13-23)17(24)20-21-18(27)19-10-12-22(2)3/h6-9,15H,4-5,10-13H2,1-3H3,(H,20,24)(H2,19,21,27)/t15-/m1/s1. The monoisotopic (exact) mass is 427 g/mol. The van der Waals surface area contributed by atoms with Gasteiger partial charge in [0.05, 0.1) is 10.8 Å². The van der Waals surface area contributed by atoms with E-state index in [1.807, 2.05) is 25.9 Å². The lowest BCUT2D eigenvalue weighted by Gasteiger charge is -2.31. The molecule has 0 saturated carbocycles. The third kappa shape index (κ3) is 6.40. The SMILES string of the molecule is Cc1ccc(S(=O)(=O)N2CCC[C@@H](C(=O)NNC(=S)NCCN(C)C)C2)cc1. The van der Waals surface area contributed by atoms with Crippen LogP contribution in [0.25, 0.3) is 0 Å². The van der Waals surface area contributed by atoms with Crippen LogP contribution in [-0.2, 0) is 14.8 Å². The maximum absolute atomic E-state index is 12.8. The van der Waals surface area contributed by atoms with Crippen molar-refractivity contribution < 1.29 is 13.2 Å². The number of carbonyl (C=O) groups excluding carboxylic acids is 1. The van der Waals surface area contributed by atoms with Crippen molar-refractivity contribution in [3.05, 3.63) is 29.8 Å². The van der Waals surface area contributed by atoms with E-state index >= 15 is 0 Å². The van der Waals surface area contributed by atoms with Crippen LogP contribution in [0.5, 0.6) is 0 Å². The zero-order valence-electron chi connectivity index (χ0n) is 16.6. The Bertz CT molecular complexity index is 781. The van der Waals surface area contributed by atoms with Gasteiger partial charge in [0, 0.05) is 26.2 Å². The molecule has 1 aliphatic rings. The first-order valence-electron chi connectivity index (χ1n) is 9.25.